The Kier molecular flexibility index (Phi) is 3.29. The van der Waals surface area contributed by atoms with Gasteiger partial charge in [-0.1, -0.05) is 23.2 Å². The fourth-order valence-corrected chi connectivity index (χ4v) is 2.57. The smallest absolute Gasteiger partial charge is 0.320 e. The number of rotatable bonds is 2. The van der Waals surface area contributed by atoms with Gasteiger partial charge in [0.1, 0.15) is 5.25 Å². The normalized spacial score (nSPS) is 12.9. The van der Waals surface area contributed by atoms with Crippen LogP contribution in [0.25, 0.3) is 0 Å². The van der Waals surface area contributed by atoms with Crippen LogP contribution in [0, 0.1) is 0 Å². The van der Waals surface area contributed by atoms with E-state index in [4.69, 9.17) is 28.3 Å². The molecule has 1 unspecified atom stereocenters. The second-order valence-corrected chi connectivity index (χ2v) is 4.82. The molecule has 0 aromatic carbocycles. The van der Waals surface area contributed by atoms with E-state index in [0.29, 0.717) is 14.2 Å². The number of halogens is 2. The summed E-state index contributed by atoms with van der Waals surface area (Å²) in [4.78, 5) is 10.5. The first-order valence-corrected chi connectivity index (χ1v) is 4.97. The van der Waals surface area contributed by atoms with Gasteiger partial charge in [0, 0.05) is 5.56 Å². The van der Waals surface area contributed by atoms with Crippen molar-refractivity contribution in [2.45, 2.75) is 5.25 Å². The van der Waals surface area contributed by atoms with Gasteiger partial charge in [-0.3, -0.25) is 4.79 Å². The van der Waals surface area contributed by atoms with Crippen molar-refractivity contribution in [2.24, 2.45) is 0 Å². The van der Waals surface area contributed by atoms with E-state index in [1.807, 2.05) is 0 Å². The molecule has 0 aliphatic carbocycles. The summed E-state index contributed by atoms with van der Waals surface area (Å²) in [5, 5.41) is 7.69. The zero-order chi connectivity index (χ0) is 9.30. The summed E-state index contributed by atoms with van der Waals surface area (Å²) >= 11 is 16.3. The third kappa shape index (κ3) is 2.07. The Bertz CT molecular complexity index is 310. The van der Waals surface area contributed by atoms with Crippen LogP contribution in [0.5, 0.6) is 0 Å². The van der Waals surface area contributed by atoms with Gasteiger partial charge in [0.2, 0.25) is 0 Å². The average Bonchev–Trinajstić information content (AvgIpc) is 2.28. The van der Waals surface area contributed by atoms with E-state index in [1.54, 1.807) is 0 Å². The molecule has 1 heterocycles. The quantitative estimate of drug-likeness (QED) is 0.783. The molecule has 1 rings (SSSR count). The highest BCUT2D eigenvalue weighted by atomic mass is 35.5. The van der Waals surface area contributed by atoms with Crippen LogP contribution in [-0.2, 0) is 4.79 Å². The topological polar surface area (TPSA) is 37.3 Å². The first-order valence-electron chi connectivity index (χ1n) is 2.88. The Morgan fingerprint density at radius 3 is 2.58 bits per heavy atom. The lowest BCUT2D eigenvalue weighted by Crippen LogP contribution is -2.03. The first kappa shape index (κ1) is 10.2. The number of aliphatic carboxylic acids is 1. The molecular formula is C6H4Cl2O2S2. The Morgan fingerprint density at radius 1 is 1.67 bits per heavy atom. The lowest BCUT2D eigenvalue weighted by molar-refractivity contribution is -0.136. The Balaban J connectivity index is 3.02. The summed E-state index contributed by atoms with van der Waals surface area (Å²) in [6.45, 7) is 0. The highest BCUT2D eigenvalue weighted by Gasteiger charge is 2.19. The molecule has 12 heavy (non-hydrogen) atoms. The van der Waals surface area contributed by atoms with Crippen molar-refractivity contribution in [3.05, 3.63) is 20.3 Å². The molecule has 0 radical (unpaired) electrons. The molecule has 0 fully saturated rings. The number of thiophene rings is 1. The van der Waals surface area contributed by atoms with Crippen molar-refractivity contribution in [3.63, 3.8) is 0 Å². The van der Waals surface area contributed by atoms with Gasteiger partial charge in [-0.05, 0) is 6.07 Å². The molecule has 0 spiro atoms. The van der Waals surface area contributed by atoms with E-state index >= 15 is 0 Å². The molecule has 0 amide bonds. The molecule has 1 N–H and O–H groups in total. The van der Waals surface area contributed by atoms with Crippen LogP contribution in [0.2, 0.25) is 8.67 Å². The standard InChI is InChI=1S/C6H4Cl2O2S2/c7-3-1-2(5(8)12-3)4(11)6(9)10/h1,4,11H,(H,9,10). The van der Waals surface area contributed by atoms with E-state index in [-0.39, 0.29) is 0 Å². The second kappa shape index (κ2) is 3.87. The fraction of sp³-hybridized carbons (Fsp3) is 0.167. The molecule has 6 heteroatoms. The molecule has 0 bridgehead atoms. The largest absolute Gasteiger partial charge is 0.480 e. The summed E-state index contributed by atoms with van der Waals surface area (Å²) < 4.78 is 0.845. The van der Waals surface area contributed by atoms with Gasteiger partial charge in [0.05, 0.1) is 8.67 Å². The minimum atomic E-state index is -1.03. The summed E-state index contributed by atoms with van der Waals surface area (Å²) in [5.41, 5.74) is 0.447. The maximum Gasteiger partial charge on any atom is 0.320 e. The van der Waals surface area contributed by atoms with Crippen LogP contribution < -0.4 is 0 Å². The molecule has 1 atom stereocenters. The fourth-order valence-electron chi connectivity index (χ4n) is 0.672. The summed E-state index contributed by atoms with van der Waals surface area (Å²) in [5.74, 6) is -1.03. The molecule has 2 nitrogen and oxygen atoms in total. The minimum Gasteiger partial charge on any atom is -0.480 e. The summed E-state index contributed by atoms with van der Waals surface area (Å²) in [7, 11) is 0. The van der Waals surface area contributed by atoms with Gasteiger partial charge in [-0.2, -0.15) is 12.6 Å². The van der Waals surface area contributed by atoms with Gasteiger partial charge in [-0.15, -0.1) is 11.3 Å². The van der Waals surface area contributed by atoms with Crippen LogP contribution in [-0.4, -0.2) is 11.1 Å². The predicted octanol–water partition coefficient (Wildman–Crippen LogP) is 3.11. The summed E-state index contributed by atoms with van der Waals surface area (Å²) in [6.07, 6.45) is 0. The van der Waals surface area contributed by atoms with Crippen molar-refractivity contribution < 1.29 is 9.90 Å². The van der Waals surface area contributed by atoms with E-state index < -0.39 is 11.2 Å². The van der Waals surface area contributed by atoms with Crippen molar-refractivity contribution >= 4 is 53.1 Å². The van der Waals surface area contributed by atoms with E-state index in [2.05, 4.69) is 12.6 Å². The van der Waals surface area contributed by atoms with Crippen molar-refractivity contribution in [2.75, 3.05) is 0 Å². The van der Waals surface area contributed by atoms with Crippen molar-refractivity contribution in [1.82, 2.24) is 0 Å². The van der Waals surface area contributed by atoms with Crippen molar-refractivity contribution in [3.8, 4) is 0 Å². The Hall–Kier alpha value is 0.1000. The van der Waals surface area contributed by atoms with Gasteiger partial charge in [0.15, 0.2) is 0 Å². The molecule has 1 aromatic rings. The molecule has 66 valence electrons. The van der Waals surface area contributed by atoms with Gasteiger partial charge in [0.25, 0.3) is 0 Å². The lowest BCUT2D eigenvalue weighted by Gasteiger charge is -2.01. The predicted molar refractivity (Wildman–Crippen MR) is 53.7 cm³/mol. The number of hydrogen-bond acceptors (Lipinski definition) is 3. The van der Waals surface area contributed by atoms with Crippen molar-refractivity contribution in [1.29, 1.82) is 0 Å². The van der Waals surface area contributed by atoms with Crippen LogP contribution >= 0.6 is 47.2 Å². The monoisotopic (exact) mass is 242 g/mol. The average molecular weight is 243 g/mol. The zero-order valence-electron chi connectivity index (χ0n) is 5.62. The molecule has 0 aliphatic rings. The van der Waals surface area contributed by atoms with E-state index in [9.17, 15) is 4.79 Å². The van der Waals surface area contributed by atoms with Crippen LogP contribution in [0.1, 0.15) is 10.8 Å². The minimum absolute atomic E-state index is 0.377. The van der Waals surface area contributed by atoms with E-state index in [0.717, 1.165) is 11.3 Å². The Morgan fingerprint density at radius 2 is 2.25 bits per heavy atom. The van der Waals surface area contributed by atoms with Crippen LogP contribution in [0.15, 0.2) is 6.07 Å². The van der Waals surface area contributed by atoms with Gasteiger partial charge >= 0.3 is 5.97 Å². The molecule has 0 saturated carbocycles. The zero-order valence-corrected chi connectivity index (χ0v) is 8.84. The number of carboxylic acid groups (broad SMARTS) is 1. The lowest BCUT2D eigenvalue weighted by atomic mass is 10.2. The summed E-state index contributed by atoms with van der Waals surface area (Å²) in [6, 6.07) is 1.51. The highest BCUT2D eigenvalue weighted by Crippen LogP contribution is 2.37. The Labute approximate surface area is 88.5 Å². The molecule has 0 saturated heterocycles. The maximum atomic E-state index is 10.5. The third-order valence-corrected chi connectivity index (χ3v) is 3.23. The number of carboxylic acids is 1. The van der Waals surface area contributed by atoms with Gasteiger partial charge in [-0.25, -0.2) is 0 Å². The first-order chi connectivity index (χ1) is 5.52. The third-order valence-electron chi connectivity index (χ3n) is 1.21. The number of thiol groups is 1. The SMILES string of the molecule is O=C(O)C(S)c1cc(Cl)sc1Cl. The molecule has 1 aromatic heterocycles. The van der Waals surface area contributed by atoms with Gasteiger partial charge < -0.3 is 5.11 Å². The second-order valence-electron chi connectivity index (χ2n) is 2.02. The maximum absolute atomic E-state index is 10.5. The van der Waals surface area contributed by atoms with Crippen LogP contribution in [0.3, 0.4) is 0 Å². The van der Waals surface area contributed by atoms with Crippen LogP contribution in [0.4, 0.5) is 0 Å². The number of hydrogen-bond donors (Lipinski definition) is 2. The van der Waals surface area contributed by atoms with E-state index in [1.165, 1.54) is 6.07 Å². The molecular weight excluding hydrogens is 239 g/mol. The number of carbonyl (C=O) groups is 1. The highest BCUT2D eigenvalue weighted by molar-refractivity contribution is 7.81. The molecule has 0 aliphatic heterocycles.